The summed E-state index contributed by atoms with van der Waals surface area (Å²) in [7, 11) is 0. The van der Waals surface area contributed by atoms with Gasteiger partial charge in [0.1, 0.15) is 23.5 Å². The summed E-state index contributed by atoms with van der Waals surface area (Å²) in [5.41, 5.74) is -4.17. The Balaban J connectivity index is 1.42. The minimum absolute atomic E-state index is 0.0391. The maximum Gasteiger partial charge on any atom is 0.418 e. The summed E-state index contributed by atoms with van der Waals surface area (Å²) in [6.07, 6.45) is -1.01. The molecule has 200 valence electrons. The van der Waals surface area contributed by atoms with Gasteiger partial charge in [0.2, 0.25) is 5.91 Å². The van der Waals surface area contributed by atoms with Crippen molar-refractivity contribution in [1.82, 2.24) is 25.6 Å². The van der Waals surface area contributed by atoms with Crippen molar-refractivity contribution in [3.8, 4) is 5.75 Å². The summed E-state index contributed by atoms with van der Waals surface area (Å²) < 4.78 is 78.7. The molecule has 1 saturated heterocycles. The van der Waals surface area contributed by atoms with Crippen LogP contribution in [0.2, 0.25) is 0 Å². The molecular weight excluding hydrogens is 519 g/mol. The van der Waals surface area contributed by atoms with Crippen LogP contribution in [0.25, 0.3) is 0 Å². The molecule has 0 aliphatic carbocycles. The number of nitrogens with zero attached hydrogens (tertiary/aromatic N) is 3. The van der Waals surface area contributed by atoms with Crippen molar-refractivity contribution in [3.05, 3.63) is 72.1 Å². The minimum Gasteiger partial charge on any atom is -0.407 e. The number of anilines is 2. The fraction of sp³-hybridized carbons (Fsp3) is 0.261. The molecule has 0 saturated carbocycles. The first-order valence-corrected chi connectivity index (χ1v) is 11.0. The number of carbonyl (C=O) groups excluding carboxylic acids is 2. The molecule has 3 heterocycles. The molecule has 1 atom stereocenters. The Hall–Kier alpha value is -4.40. The van der Waals surface area contributed by atoms with Crippen molar-refractivity contribution >= 4 is 23.4 Å². The first-order chi connectivity index (χ1) is 18.1. The molecule has 2 aromatic heterocycles. The summed E-state index contributed by atoms with van der Waals surface area (Å²) in [6, 6.07) is 3.22. The molecule has 2 amide bonds. The van der Waals surface area contributed by atoms with E-state index in [0.717, 1.165) is 24.4 Å². The molecule has 1 fully saturated rings. The lowest BCUT2D eigenvalue weighted by atomic mass is 9.97. The van der Waals surface area contributed by atoms with Gasteiger partial charge in [-0.1, -0.05) is 6.07 Å². The quantitative estimate of drug-likeness (QED) is 0.391. The number of benzene rings is 1. The number of para-hydroxylation sites is 1. The van der Waals surface area contributed by atoms with Crippen LogP contribution in [-0.2, 0) is 22.3 Å². The number of halogens is 5. The second-order valence-corrected chi connectivity index (χ2v) is 8.09. The molecule has 10 nitrogen and oxygen atoms in total. The molecule has 38 heavy (non-hydrogen) atoms. The van der Waals surface area contributed by atoms with Crippen LogP contribution in [0, 0.1) is 11.6 Å². The van der Waals surface area contributed by atoms with Crippen molar-refractivity contribution in [2.24, 2.45) is 0 Å². The number of aromatic nitrogens is 3. The maximum absolute atomic E-state index is 14.7. The smallest absolute Gasteiger partial charge is 0.407 e. The zero-order chi connectivity index (χ0) is 27.3. The summed E-state index contributed by atoms with van der Waals surface area (Å²) in [4.78, 5) is 36.5. The number of ether oxygens (including phenoxy) is 2. The van der Waals surface area contributed by atoms with Crippen molar-refractivity contribution < 1.29 is 41.0 Å². The van der Waals surface area contributed by atoms with Gasteiger partial charge in [-0.15, -0.1) is 0 Å². The highest BCUT2D eigenvalue weighted by molar-refractivity contribution is 5.90. The van der Waals surface area contributed by atoms with Gasteiger partial charge >= 0.3 is 12.3 Å². The van der Waals surface area contributed by atoms with Crippen molar-refractivity contribution in [2.75, 3.05) is 18.5 Å². The van der Waals surface area contributed by atoms with Crippen LogP contribution in [0.3, 0.4) is 0 Å². The second-order valence-electron chi connectivity index (χ2n) is 8.09. The van der Waals surface area contributed by atoms with E-state index in [2.05, 4.69) is 30.9 Å². The van der Waals surface area contributed by atoms with E-state index in [1.165, 1.54) is 18.7 Å². The standard InChI is InChI=1S/C23H19F5N6O4/c24-16-3-1-2-15(23(26,27)28)19(16)33-13-6-17(25)18(31-7-13)10-32-20(35)22(4-5-37-11-22)34-21(36)38-14-8-29-12-30-9-14/h1-3,6-9,12,33H,4-5,10-11H2,(H,32,35)(H,34,36)/t22-/m0/s1. The highest BCUT2D eigenvalue weighted by Gasteiger charge is 2.44. The van der Waals surface area contributed by atoms with Gasteiger partial charge in [0.15, 0.2) is 5.75 Å². The number of alkyl halides is 3. The Morgan fingerprint density at radius 1 is 1.11 bits per heavy atom. The maximum atomic E-state index is 14.7. The van der Waals surface area contributed by atoms with Gasteiger partial charge in [-0.2, -0.15) is 13.2 Å². The van der Waals surface area contributed by atoms with Crippen LogP contribution in [0.5, 0.6) is 5.75 Å². The highest BCUT2D eigenvalue weighted by Crippen LogP contribution is 2.37. The number of amides is 2. The number of nitrogens with one attached hydrogen (secondary N) is 3. The third kappa shape index (κ3) is 6.11. The molecule has 15 heteroatoms. The van der Waals surface area contributed by atoms with Gasteiger partial charge < -0.3 is 25.4 Å². The predicted octanol–water partition coefficient (Wildman–Crippen LogP) is 3.48. The van der Waals surface area contributed by atoms with Gasteiger partial charge in [-0.05, 0) is 12.1 Å². The zero-order valence-electron chi connectivity index (χ0n) is 19.3. The first kappa shape index (κ1) is 26.7. The van der Waals surface area contributed by atoms with E-state index < -0.39 is 53.1 Å². The molecule has 1 aliphatic heterocycles. The molecular formula is C23H19F5N6O4. The topological polar surface area (TPSA) is 127 Å². The van der Waals surface area contributed by atoms with Crippen LogP contribution < -0.4 is 20.7 Å². The Bertz CT molecular complexity index is 1320. The fourth-order valence-electron chi connectivity index (χ4n) is 3.60. The summed E-state index contributed by atoms with van der Waals surface area (Å²) in [6.45, 7) is -0.448. The van der Waals surface area contributed by atoms with Crippen LogP contribution in [0.1, 0.15) is 17.7 Å². The normalized spacial score (nSPS) is 17.1. The first-order valence-electron chi connectivity index (χ1n) is 11.0. The lowest BCUT2D eigenvalue weighted by Gasteiger charge is -2.26. The summed E-state index contributed by atoms with van der Waals surface area (Å²) >= 11 is 0. The van der Waals surface area contributed by atoms with Crippen molar-refractivity contribution in [3.63, 3.8) is 0 Å². The van der Waals surface area contributed by atoms with Crippen LogP contribution in [-0.4, -0.2) is 45.7 Å². The molecule has 3 N–H and O–H groups in total. The number of rotatable bonds is 7. The molecule has 3 aromatic rings. The lowest BCUT2D eigenvalue weighted by molar-refractivity contribution is -0.137. The minimum atomic E-state index is -4.85. The molecule has 4 rings (SSSR count). The van der Waals surface area contributed by atoms with Gasteiger partial charge in [-0.3, -0.25) is 9.78 Å². The Morgan fingerprint density at radius 2 is 1.87 bits per heavy atom. The monoisotopic (exact) mass is 538 g/mol. The van der Waals surface area contributed by atoms with Crippen molar-refractivity contribution in [1.29, 1.82) is 0 Å². The van der Waals surface area contributed by atoms with E-state index in [-0.39, 0.29) is 36.8 Å². The zero-order valence-corrected chi connectivity index (χ0v) is 19.3. The average molecular weight is 538 g/mol. The van der Waals surface area contributed by atoms with E-state index in [9.17, 15) is 31.5 Å². The van der Waals surface area contributed by atoms with Crippen LogP contribution >= 0.6 is 0 Å². The number of carbonyl (C=O) groups is 2. The predicted molar refractivity (Wildman–Crippen MR) is 120 cm³/mol. The van der Waals surface area contributed by atoms with Gasteiger partial charge in [-0.25, -0.2) is 23.5 Å². The van der Waals surface area contributed by atoms with Crippen LogP contribution in [0.4, 0.5) is 38.1 Å². The summed E-state index contributed by atoms with van der Waals surface area (Å²) in [5.74, 6) is -2.84. The largest absolute Gasteiger partial charge is 0.418 e. The van der Waals surface area contributed by atoms with Gasteiger partial charge in [0.05, 0.1) is 54.4 Å². The number of pyridine rings is 1. The summed E-state index contributed by atoms with van der Waals surface area (Å²) in [5, 5.41) is 7.10. The molecule has 1 aromatic carbocycles. The second kappa shape index (κ2) is 10.9. The third-order valence-corrected chi connectivity index (χ3v) is 5.47. The molecule has 1 aliphatic rings. The highest BCUT2D eigenvalue weighted by atomic mass is 19.4. The molecule has 0 bridgehead atoms. The van der Waals surface area contributed by atoms with E-state index in [1.807, 2.05) is 0 Å². The van der Waals surface area contributed by atoms with Gasteiger partial charge in [0.25, 0.3) is 0 Å². The average Bonchev–Trinajstić information content (AvgIpc) is 3.34. The van der Waals surface area contributed by atoms with E-state index >= 15 is 0 Å². The number of hydrogen-bond acceptors (Lipinski definition) is 8. The Morgan fingerprint density at radius 3 is 2.53 bits per heavy atom. The molecule has 0 radical (unpaired) electrons. The van der Waals surface area contributed by atoms with E-state index in [4.69, 9.17) is 9.47 Å². The molecule has 0 spiro atoms. The Kier molecular flexibility index (Phi) is 7.66. The van der Waals surface area contributed by atoms with Gasteiger partial charge in [0, 0.05) is 19.1 Å². The van der Waals surface area contributed by atoms with Crippen LogP contribution in [0.15, 0.2) is 49.2 Å². The van der Waals surface area contributed by atoms with E-state index in [0.29, 0.717) is 6.07 Å². The lowest BCUT2D eigenvalue weighted by Crippen LogP contribution is -2.60. The SMILES string of the molecule is O=C(N[C@@]1(C(=O)NCc2ncc(Nc3c(F)cccc3C(F)(F)F)cc2F)CCOC1)Oc1cncnc1. The Labute approximate surface area is 211 Å². The number of hydrogen-bond donors (Lipinski definition) is 3. The fourth-order valence-corrected chi connectivity index (χ4v) is 3.60. The third-order valence-electron chi connectivity index (χ3n) is 5.47. The van der Waals surface area contributed by atoms with E-state index in [1.54, 1.807) is 0 Å². The van der Waals surface area contributed by atoms with Crippen molar-refractivity contribution in [2.45, 2.75) is 24.7 Å². The molecule has 0 unspecified atom stereocenters.